The van der Waals surface area contributed by atoms with Crippen LogP contribution >= 0.6 is 0 Å². The number of amides is 1. The Kier molecular flexibility index (Phi) is 4.73. The van der Waals surface area contributed by atoms with Gasteiger partial charge in [0, 0.05) is 12.1 Å². The number of hydrogen-bond acceptors (Lipinski definition) is 5. The number of pyridine rings is 1. The Morgan fingerprint density at radius 3 is 2.69 bits per heavy atom. The van der Waals surface area contributed by atoms with Gasteiger partial charge in [0.05, 0.1) is 31.0 Å². The van der Waals surface area contributed by atoms with Crippen molar-refractivity contribution in [2.24, 2.45) is 0 Å². The third-order valence-corrected chi connectivity index (χ3v) is 5.85. The van der Waals surface area contributed by atoms with Crippen LogP contribution in [0.4, 0.5) is 17.6 Å². The SMILES string of the molecule is Cc1c(C(=O)N2[C@H]3COC[C@@H]2c2nnc(-c4ccc(F)cn4)n2C3)cccc1C(F)(F)F. The highest BCUT2D eigenvalue weighted by Crippen LogP contribution is 2.38. The highest BCUT2D eigenvalue weighted by Gasteiger charge is 2.45. The molecule has 2 aliphatic heterocycles. The van der Waals surface area contributed by atoms with E-state index < -0.39 is 35.5 Å². The molecule has 2 bridgehead atoms. The van der Waals surface area contributed by atoms with Gasteiger partial charge in [-0.3, -0.25) is 4.79 Å². The lowest BCUT2D eigenvalue weighted by atomic mass is 9.97. The van der Waals surface area contributed by atoms with E-state index in [4.69, 9.17) is 4.74 Å². The highest BCUT2D eigenvalue weighted by atomic mass is 19.4. The summed E-state index contributed by atoms with van der Waals surface area (Å²) in [4.78, 5) is 19.0. The molecule has 2 aromatic heterocycles. The molecule has 3 aromatic rings. The van der Waals surface area contributed by atoms with E-state index in [-0.39, 0.29) is 30.9 Å². The molecular weight excluding hydrogens is 430 g/mol. The fraction of sp³-hybridized carbons (Fsp3) is 0.333. The summed E-state index contributed by atoms with van der Waals surface area (Å²) in [6.07, 6.45) is -3.48. The molecule has 0 unspecified atom stereocenters. The zero-order valence-electron chi connectivity index (χ0n) is 16.8. The van der Waals surface area contributed by atoms with Crippen LogP contribution in [0, 0.1) is 12.7 Å². The van der Waals surface area contributed by atoms with E-state index in [1.165, 1.54) is 36.1 Å². The van der Waals surface area contributed by atoms with Gasteiger partial charge in [0.1, 0.15) is 17.6 Å². The third kappa shape index (κ3) is 3.24. The molecule has 0 saturated carbocycles. The maximum atomic E-state index is 13.4. The van der Waals surface area contributed by atoms with Gasteiger partial charge < -0.3 is 14.2 Å². The maximum absolute atomic E-state index is 13.4. The fourth-order valence-corrected chi connectivity index (χ4v) is 4.34. The summed E-state index contributed by atoms with van der Waals surface area (Å²) in [5.41, 5.74) is -0.537. The number of benzene rings is 1. The summed E-state index contributed by atoms with van der Waals surface area (Å²) >= 11 is 0. The fourth-order valence-electron chi connectivity index (χ4n) is 4.34. The van der Waals surface area contributed by atoms with Crippen molar-refractivity contribution < 1.29 is 27.1 Å². The molecule has 1 amide bonds. The number of ether oxygens (including phenoxy) is 1. The smallest absolute Gasteiger partial charge is 0.377 e. The van der Waals surface area contributed by atoms with Crippen LogP contribution < -0.4 is 0 Å². The first-order valence-corrected chi connectivity index (χ1v) is 9.88. The zero-order valence-corrected chi connectivity index (χ0v) is 16.8. The van der Waals surface area contributed by atoms with Gasteiger partial charge in [0.15, 0.2) is 11.6 Å². The van der Waals surface area contributed by atoms with Crippen molar-refractivity contribution in [1.29, 1.82) is 0 Å². The molecule has 0 radical (unpaired) electrons. The van der Waals surface area contributed by atoms with Crippen molar-refractivity contribution in [2.75, 3.05) is 13.2 Å². The van der Waals surface area contributed by atoms with E-state index in [9.17, 15) is 22.4 Å². The van der Waals surface area contributed by atoms with Gasteiger partial charge in [-0.15, -0.1) is 10.2 Å². The lowest BCUT2D eigenvalue weighted by molar-refractivity contribution is -0.138. The topological polar surface area (TPSA) is 73.1 Å². The summed E-state index contributed by atoms with van der Waals surface area (Å²) in [7, 11) is 0. The molecule has 32 heavy (non-hydrogen) atoms. The van der Waals surface area contributed by atoms with E-state index in [2.05, 4.69) is 15.2 Å². The van der Waals surface area contributed by atoms with Gasteiger partial charge >= 0.3 is 6.18 Å². The number of alkyl halides is 3. The lowest BCUT2D eigenvalue weighted by Crippen LogP contribution is -2.56. The Morgan fingerprint density at radius 1 is 1.16 bits per heavy atom. The van der Waals surface area contributed by atoms with Gasteiger partial charge in [-0.1, -0.05) is 6.07 Å². The number of halogens is 4. The van der Waals surface area contributed by atoms with E-state index in [0.717, 1.165) is 12.3 Å². The summed E-state index contributed by atoms with van der Waals surface area (Å²) in [6, 6.07) is 5.30. The molecule has 0 N–H and O–H groups in total. The molecule has 7 nitrogen and oxygen atoms in total. The number of rotatable bonds is 2. The van der Waals surface area contributed by atoms with Crippen molar-refractivity contribution in [1.82, 2.24) is 24.6 Å². The normalized spacial score (nSPS) is 20.2. The van der Waals surface area contributed by atoms with Crippen molar-refractivity contribution in [3.63, 3.8) is 0 Å². The van der Waals surface area contributed by atoms with E-state index in [1.807, 2.05) is 0 Å². The first kappa shape index (κ1) is 20.6. The minimum absolute atomic E-state index is 0.00915. The van der Waals surface area contributed by atoms with Crippen LogP contribution in [0.1, 0.15) is 33.4 Å². The van der Waals surface area contributed by atoms with Crippen LogP contribution in [0.15, 0.2) is 36.5 Å². The maximum Gasteiger partial charge on any atom is 0.416 e. The number of morpholine rings is 1. The van der Waals surface area contributed by atoms with Gasteiger partial charge in [0.2, 0.25) is 0 Å². The minimum Gasteiger partial charge on any atom is -0.377 e. The minimum atomic E-state index is -4.56. The molecular formula is C21H17F4N5O2. The van der Waals surface area contributed by atoms with Crippen molar-refractivity contribution >= 4 is 5.91 Å². The van der Waals surface area contributed by atoms with Crippen molar-refractivity contribution in [2.45, 2.75) is 31.7 Å². The van der Waals surface area contributed by atoms with Gasteiger partial charge in [-0.25, -0.2) is 9.37 Å². The number of carbonyl (C=O) groups excluding carboxylic acids is 1. The van der Waals surface area contributed by atoms with Crippen LogP contribution in [-0.2, 0) is 17.5 Å². The van der Waals surface area contributed by atoms with E-state index in [1.54, 1.807) is 4.57 Å². The molecule has 0 spiro atoms. The van der Waals surface area contributed by atoms with Gasteiger partial charge in [-0.05, 0) is 36.8 Å². The predicted octanol–water partition coefficient (Wildman–Crippen LogP) is 3.40. The molecule has 1 aromatic carbocycles. The van der Waals surface area contributed by atoms with E-state index >= 15 is 0 Å². The number of nitrogens with zero attached hydrogens (tertiary/aromatic N) is 5. The number of hydrogen-bond donors (Lipinski definition) is 0. The monoisotopic (exact) mass is 447 g/mol. The second-order valence-electron chi connectivity index (χ2n) is 7.75. The predicted molar refractivity (Wildman–Crippen MR) is 103 cm³/mol. The number of aromatic nitrogens is 4. The quantitative estimate of drug-likeness (QED) is 0.563. The second-order valence-corrected chi connectivity index (χ2v) is 7.75. The summed E-state index contributed by atoms with van der Waals surface area (Å²) in [5, 5.41) is 8.38. The lowest BCUT2D eigenvalue weighted by Gasteiger charge is -2.45. The zero-order chi connectivity index (χ0) is 22.6. The van der Waals surface area contributed by atoms with Gasteiger partial charge in [-0.2, -0.15) is 13.2 Å². The standard InChI is InChI=1S/C21H17F4N5O2/c1-11-14(3-2-4-15(11)21(23,24)25)20(31)30-13-8-29-18(16-6-5-12(22)7-26-16)27-28-19(29)17(30)10-32-9-13/h2-7,13,17H,8-10H2,1H3/t13-,17-/m1/s1. The molecule has 166 valence electrons. The average molecular weight is 447 g/mol. The van der Waals surface area contributed by atoms with Crippen LogP contribution in [0.2, 0.25) is 0 Å². The first-order chi connectivity index (χ1) is 15.3. The molecule has 4 heterocycles. The van der Waals surface area contributed by atoms with Crippen LogP contribution in [-0.4, -0.2) is 49.8 Å². The Balaban J connectivity index is 1.54. The number of fused-ring (bicyclic) bond motifs is 4. The van der Waals surface area contributed by atoms with Crippen LogP contribution in [0.3, 0.4) is 0 Å². The van der Waals surface area contributed by atoms with Crippen LogP contribution in [0.25, 0.3) is 11.5 Å². The molecule has 5 rings (SSSR count). The summed E-state index contributed by atoms with van der Waals surface area (Å²) < 4.78 is 60.8. The third-order valence-electron chi connectivity index (χ3n) is 5.85. The first-order valence-electron chi connectivity index (χ1n) is 9.88. The molecule has 2 atom stereocenters. The molecule has 0 aliphatic carbocycles. The Labute approximate surface area is 179 Å². The average Bonchev–Trinajstić information content (AvgIpc) is 3.16. The Hall–Kier alpha value is -3.34. The van der Waals surface area contributed by atoms with Gasteiger partial charge in [0.25, 0.3) is 5.91 Å². The highest BCUT2D eigenvalue weighted by molar-refractivity contribution is 5.96. The summed E-state index contributed by atoms with van der Waals surface area (Å²) in [5.74, 6) is -0.118. The molecule has 1 saturated heterocycles. The van der Waals surface area contributed by atoms with Crippen molar-refractivity contribution in [3.8, 4) is 11.5 Å². The largest absolute Gasteiger partial charge is 0.416 e. The van der Waals surface area contributed by atoms with Crippen LogP contribution in [0.5, 0.6) is 0 Å². The van der Waals surface area contributed by atoms with Crippen molar-refractivity contribution in [3.05, 3.63) is 64.9 Å². The van der Waals surface area contributed by atoms with E-state index in [0.29, 0.717) is 17.3 Å². The molecule has 11 heteroatoms. The molecule has 2 aliphatic rings. The number of carbonyl (C=O) groups is 1. The Morgan fingerprint density at radius 2 is 1.97 bits per heavy atom. The summed E-state index contributed by atoms with van der Waals surface area (Å²) in [6.45, 7) is 1.92. The molecule has 1 fully saturated rings. The second kappa shape index (κ2) is 7.37. The Bertz CT molecular complexity index is 1190.